The van der Waals surface area contributed by atoms with Crippen molar-refractivity contribution in [3.63, 3.8) is 0 Å². The van der Waals surface area contributed by atoms with Gasteiger partial charge in [0.2, 0.25) is 34.8 Å². The van der Waals surface area contributed by atoms with Gasteiger partial charge in [-0.2, -0.15) is 8.78 Å². The summed E-state index contributed by atoms with van der Waals surface area (Å²) in [5.41, 5.74) is 0. The van der Waals surface area contributed by atoms with E-state index in [0.717, 1.165) is 36.8 Å². The maximum Gasteiger partial charge on any atom is 0.327 e. The summed E-state index contributed by atoms with van der Waals surface area (Å²) in [6, 6.07) is 0. The minimum atomic E-state index is -2.32. The zero-order valence-electron chi connectivity index (χ0n) is 19.2. The fourth-order valence-corrected chi connectivity index (χ4v) is 5.96. The predicted octanol–water partition coefficient (Wildman–Crippen LogP) is 8.74. The van der Waals surface area contributed by atoms with Gasteiger partial charge in [-0.25, -0.2) is 13.2 Å². The Morgan fingerprint density at radius 3 is 1.70 bits per heavy atom. The highest BCUT2D eigenvalue weighted by molar-refractivity contribution is 8.47. The Morgan fingerprint density at radius 1 is 0.788 bits per heavy atom. The highest BCUT2D eigenvalue weighted by atomic mass is 32.2. The monoisotopic (exact) mass is 530 g/mol. The van der Waals surface area contributed by atoms with Crippen LogP contribution < -0.4 is 4.74 Å². The molecule has 0 unspecified atom stereocenters. The molecule has 0 aliphatic carbocycles. The largest absolute Gasteiger partial charge is 0.419 e. The molecular weight excluding hydrogens is 499 g/mol. The molecule has 0 bridgehead atoms. The van der Waals surface area contributed by atoms with E-state index in [4.69, 9.17) is 12.2 Å². The normalized spacial score (nSPS) is 11.6. The van der Waals surface area contributed by atoms with E-state index in [2.05, 4.69) is 11.7 Å². The van der Waals surface area contributed by atoms with E-state index in [1.165, 1.54) is 70.6 Å². The van der Waals surface area contributed by atoms with Crippen LogP contribution >= 0.6 is 35.7 Å². The number of halogens is 5. The van der Waals surface area contributed by atoms with Gasteiger partial charge in [0.1, 0.15) is 8.28 Å². The Labute approximate surface area is 206 Å². The lowest BCUT2D eigenvalue weighted by molar-refractivity contribution is -0.136. The molecule has 0 N–H and O–H groups in total. The molecule has 10 heteroatoms. The summed E-state index contributed by atoms with van der Waals surface area (Å²) in [6.07, 6.45) is 12.1. The third-order valence-electron chi connectivity index (χ3n) is 4.91. The van der Waals surface area contributed by atoms with Crippen LogP contribution in [0.5, 0.6) is 5.75 Å². The molecule has 1 aromatic rings. The lowest BCUT2D eigenvalue weighted by atomic mass is 10.1. The third kappa shape index (κ3) is 10.1. The second-order valence-corrected chi connectivity index (χ2v) is 12.1. The average Bonchev–Trinajstić information content (AvgIpc) is 2.77. The molecule has 0 aromatic heterocycles. The molecule has 1 rings (SSSR count). The average molecular weight is 531 g/mol. The molecule has 188 valence electrons. The van der Waals surface area contributed by atoms with Gasteiger partial charge >= 0.3 is 5.97 Å². The van der Waals surface area contributed by atoms with Crippen LogP contribution in [0.2, 0.25) is 0 Å². The fourth-order valence-electron chi connectivity index (χ4n) is 2.91. The molecule has 33 heavy (non-hydrogen) atoms. The SMILES string of the molecule is CCCCCCCCCCCCSC(=S)SC(C)(C)C(=O)Oc1c(F)c(F)c(F)c(F)c1F. The van der Waals surface area contributed by atoms with Gasteiger partial charge in [-0.05, 0) is 26.0 Å². The van der Waals surface area contributed by atoms with Crippen LogP contribution in [-0.4, -0.2) is 20.0 Å². The third-order valence-corrected chi connectivity index (χ3v) is 7.69. The van der Waals surface area contributed by atoms with E-state index >= 15 is 0 Å². The second kappa shape index (κ2) is 15.2. The second-order valence-electron chi connectivity index (χ2n) is 8.18. The van der Waals surface area contributed by atoms with Gasteiger partial charge in [0.05, 0.1) is 0 Å². The molecule has 0 radical (unpaired) electrons. The van der Waals surface area contributed by atoms with Crippen molar-refractivity contribution in [1.29, 1.82) is 0 Å². The number of unbranched alkanes of at least 4 members (excludes halogenated alkanes) is 9. The first kappa shape index (κ1) is 30.2. The highest BCUT2D eigenvalue weighted by Crippen LogP contribution is 2.35. The molecule has 0 fully saturated rings. The first-order valence-corrected chi connectivity index (χ1v) is 13.3. The number of carbonyl (C=O) groups excluding carboxylic acids is 1. The molecule has 0 saturated carbocycles. The molecule has 0 spiro atoms. The Hall–Kier alpha value is -0.870. The molecule has 0 aliphatic rings. The zero-order valence-corrected chi connectivity index (χ0v) is 21.7. The van der Waals surface area contributed by atoms with Crippen molar-refractivity contribution >= 4 is 45.2 Å². The van der Waals surface area contributed by atoms with E-state index in [-0.39, 0.29) is 0 Å². The Morgan fingerprint density at radius 2 is 1.21 bits per heavy atom. The van der Waals surface area contributed by atoms with Gasteiger partial charge in [0, 0.05) is 0 Å². The molecule has 1 aromatic carbocycles. The minimum Gasteiger partial charge on any atom is -0.419 e. The van der Waals surface area contributed by atoms with Crippen LogP contribution in [0.25, 0.3) is 0 Å². The fraction of sp³-hybridized carbons (Fsp3) is 0.652. The maximum absolute atomic E-state index is 13.8. The predicted molar refractivity (Wildman–Crippen MR) is 130 cm³/mol. The number of hydrogen-bond donors (Lipinski definition) is 0. The van der Waals surface area contributed by atoms with Gasteiger partial charge in [-0.1, -0.05) is 88.7 Å². The van der Waals surface area contributed by atoms with Gasteiger partial charge in [0.25, 0.3) is 0 Å². The van der Waals surface area contributed by atoms with Crippen LogP contribution in [0.1, 0.15) is 85.0 Å². The van der Waals surface area contributed by atoms with Gasteiger partial charge in [-0.3, -0.25) is 4.79 Å². The van der Waals surface area contributed by atoms with Crippen molar-refractivity contribution in [1.82, 2.24) is 0 Å². The van der Waals surface area contributed by atoms with E-state index in [1.807, 2.05) is 0 Å². The van der Waals surface area contributed by atoms with Crippen LogP contribution in [0, 0.1) is 29.1 Å². The smallest absolute Gasteiger partial charge is 0.327 e. The van der Waals surface area contributed by atoms with Crippen molar-refractivity contribution in [2.24, 2.45) is 0 Å². The van der Waals surface area contributed by atoms with Crippen molar-refractivity contribution in [3.8, 4) is 5.75 Å². The lowest BCUT2D eigenvalue weighted by Crippen LogP contribution is -2.34. The number of carbonyl (C=O) groups is 1. The van der Waals surface area contributed by atoms with Gasteiger partial charge < -0.3 is 4.74 Å². The Bertz CT molecular complexity index is 774. The van der Waals surface area contributed by atoms with Crippen molar-refractivity contribution in [2.75, 3.05) is 5.75 Å². The number of thiocarbonyl (C=S) groups is 1. The van der Waals surface area contributed by atoms with Gasteiger partial charge in [-0.15, -0.1) is 11.8 Å². The van der Waals surface area contributed by atoms with Gasteiger partial charge in [0.15, 0.2) is 0 Å². The molecule has 0 heterocycles. The summed E-state index contributed by atoms with van der Waals surface area (Å²) in [5, 5.41) is 0. The molecule has 0 saturated heterocycles. The summed E-state index contributed by atoms with van der Waals surface area (Å²) < 4.78 is 70.9. The molecule has 0 atom stereocenters. The summed E-state index contributed by atoms with van der Waals surface area (Å²) in [5.74, 6) is -13.1. The standard InChI is InChI=1S/C23H31F5O2S3/c1-4-5-6-7-8-9-10-11-12-13-14-32-22(31)33-23(2,3)21(29)30-20-18(27)16(25)15(24)17(26)19(20)28/h4-14H2,1-3H3. The van der Waals surface area contributed by atoms with Crippen LogP contribution in [0.3, 0.4) is 0 Å². The number of hydrogen-bond acceptors (Lipinski definition) is 5. The molecular formula is C23H31F5O2S3. The van der Waals surface area contributed by atoms with Crippen molar-refractivity contribution < 1.29 is 31.5 Å². The summed E-state index contributed by atoms with van der Waals surface area (Å²) in [6.45, 7) is 5.01. The number of ether oxygens (including phenoxy) is 1. The summed E-state index contributed by atoms with van der Waals surface area (Å²) in [4.78, 5) is 12.4. The number of rotatable bonds is 14. The first-order chi connectivity index (χ1) is 15.5. The Balaban J connectivity index is 2.39. The van der Waals surface area contributed by atoms with E-state index < -0.39 is 45.6 Å². The van der Waals surface area contributed by atoms with Crippen molar-refractivity contribution in [2.45, 2.75) is 89.7 Å². The number of esters is 1. The zero-order chi connectivity index (χ0) is 25.0. The Kier molecular flexibility index (Phi) is 13.9. The molecule has 2 nitrogen and oxygen atoms in total. The quantitative estimate of drug-likeness (QED) is 0.0456. The maximum atomic E-state index is 13.8. The van der Waals surface area contributed by atoms with E-state index in [1.54, 1.807) is 0 Å². The van der Waals surface area contributed by atoms with Crippen LogP contribution in [0.4, 0.5) is 22.0 Å². The molecule has 0 amide bonds. The van der Waals surface area contributed by atoms with Crippen molar-refractivity contribution in [3.05, 3.63) is 29.1 Å². The minimum absolute atomic E-state index is 0.435. The molecule has 0 aliphatic heterocycles. The van der Waals surface area contributed by atoms with Crippen LogP contribution in [0.15, 0.2) is 0 Å². The lowest BCUT2D eigenvalue weighted by Gasteiger charge is -2.22. The number of benzene rings is 1. The van der Waals surface area contributed by atoms with E-state index in [0.29, 0.717) is 3.53 Å². The van der Waals surface area contributed by atoms with E-state index in [9.17, 15) is 26.7 Å². The summed E-state index contributed by atoms with van der Waals surface area (Å²) in [7, 11) is 0. The first-order valence-electron chi connectivity index (χ1n) is 11.1. The van der Waals surface area contributed by atoms with Crippen LogP contribution in [-0.2, 0) is 4.79 Å². The topological polar surface area (TPSA) is 26.3 Å². The number of thioether (sulfide) groups is 2. The summed E-state index contributed by atoms with van der Waals surface area (Å²) >= 11 is 7.60. The highest BCUT2D eigenvalue weighted by Gasteiger charge is 2.36.